The second-order valence-corrected chi connectivity index (χ2v) is 2.36. The van der Waals surface area contributed by atoms with Crippen molar-refractivity contribution < 1.29 is 32.0 Å². The summed E-state index contributed by atoms with van der Waals surface area (Å²) in [5.41, 5.74) is -1.67. The lowest BCUT2D eigenvalue weighted by atomic mass is 9.79. The van der Waals surface area contributed by atoms with E-state index >= 15 is 0 Å². The third-order valence-electron chi connectivity index (χ3n) is 1.50. The van der Waals surface area contributed by atoms with E-state index < -0.39 is 41.7 Å². The van der Waals surface area contributed by atoms with E-state index in [9.17, 15) is 22.0 Å². The summed E-state index contributed by atoms with van der Waals surface area (Å²) in [7, 11) is -2.76. The molecule has 0 fully saturated rings. The van der Waals surface area contributed by atoms with Crippen LogP contribution in [0.25, 0.3) is 0 Å². The maximum absolute atomic E-state index is 12.6. The third kappa shape index (κ3) is 2.47. The number of halogens is 5. The van der Waals surface area contributed by atoms with Crippen LogP contribution in [0.15, 0.2) is 0 Å². The van der Waals surface area contributed by atoms with Crippen LogP contribution in [0.1, 0.15) is 0 Å². The number of hydrazine groups is 1. The van der Waals surface area contributed by atoms with Crippen LogP contribution in [-0.2, 0) is 0 Å². The first-order valence-electron chi connectivity index (χ1n) is 3.58. The molecule has 0 unspecified atom stereocenters. The maximum atomic E-state index is 12.6. The Morgan fingerprint density at radius 2 is 0.938 bits per heavy atom. The number of nitrogens with two attached hydrogens (primary N) is 2. The summed E-state index contributed by atoms with van der Waals surface area (Å²) in [5, 5.41) is 16.7. The summed E-state index contributed by atoms with van der Waals surface area (Å²) in [5.74, 6) is -3.28. The Morgan fingerprint density at radius 3 is 1.19 bits per heavy atom. The van der Waals surface area contributed by atoms with Crippen LogP contribution in [0.4, 0.5) is 22.0 Å². The van der Waals surface area contributed by atoms with E-state index in [1.165, 1.54) is 0 Å². The van der Waals surface area contributed by atoms with Crippen molar-refractivity contribution in [1.29, 1.82) is 0 Å². The maximum Gasteiger partial charge on any atom is 0.494 e. The van der Waals surface area contributed by atoms with Crippen LogP contribution in [0, 0.1) is 29.1 Å². The first kappa shape index (κ1) is 14.8. The standard InChI is InChI=1S/C6H2BF5O2.H4N2/c8-2-1(7(13)14)3(9)5(11)6(12)4(2)10;1-2/h13-14H;1-2H2. The Hall–Kier alpha value is -1.23. The molecule has 0 amide bonds. The second kappa shape index (κ2) is 5.75. The quantitative estimate of drug-likeness (QED) is 0.126. The van der Waals surface area contributed by atoms with Crippen molar-refractivity contribution in [3.63, 3.8) is 0 Å². The van der Waals surface area contributed by atoms with Gasteiger partial charge in [0.15, 0.2) is 29.1 Å². The Bertz CT molecular complexity index is 361. The molecule has 0 saturated heterocycles. The lowest BCUT2D eigenvalue weighted by Gasteiger charge is -2.06. The van der Waals surface area contributed by atoms with Crippen molar-refractivity contribution in [2.75, 3.05) is 0 Å². The molecule has 0 spiro atoms. The van der Waals surface area contributed by atoms with E-state index in [2.05, 4.69) is 11.7 Å². The molecule has 0 heterocycles. The molecule has 1 aromatic rings. The van der Waals surface area contributed by atoms with E-state index in [1.807, 2.05) is 0 Å². The summed E-state index contributed by atoms with van der Waals surface area (Å²) in [4.78, 5) is 0. The van der Waals surface area contributed by atoms with Crippen LogP contribution >= 0.6 is 0 Å². The number of benzene rings is 1. The molecule has 1 aromatic carbocycles. The van der Waals surface area contributed by atoms with Crippen LogP contribution < -0.4 is 17.1 Å². The van der Waals surface area contributed by atoms with Gasteiger partial charge in [-0.1, -0.05) is 0 Å². The highest BCUT2D eigenvalue weighted by atomic mass is 19.2. The van der Waals surface area contributed by atoms with Gasteiger partial charge >= 0.3 is 7.12 Å². The van der Waals surface area contributed by atoms with Crippen molar-refractivity contribution in [3.05, 3.63) is 29.1 Å². The molecule has 6 N–H and O–H groups in total. The van der Waals surface area contributed by atoms with E-state index in [4.69, 9.17) is 10.0 Å². The molecule has 16 heavy (non-hydrogen) atoms. The summed E-state index contributed by atoms with van der Waals surface area (Å²) >= 11 is 0. The van der Waals surface area contributed by atoms with Crippen molar-refractivity contribution in [2.24, 2.45) is 11.7 Å². The molecular weight excluding hydrogens is 238 g/mol. The fraction of sp³-hybridized carbons (Fsp3) is 0. The third-order valence-corrected chi connectivity index (χ3v) is 1.50. The molecular formula is C6H6BF5N2O2. The summed E-state index contributed by atoms with van der Waals surface area (Å²) in [6, 6.07) is 0. The molecule has 10 heteroatoms. The first-order chi connectivity index (χ1) is 7.37. The molecule has 0 bridgehead atoms. The predicted molar refractivity (Wildman–Crippen MR) is 44.4 cm³/mol. The molecule has 0 saturated carbocycles. The Kier molecular flexibility index (Phi) is 5.31. The average Bonchev–Trinajstić information content (AvgIpc) is 2.26. The van der Waals surface area contributed by atoms with Crippen LogP contribution in [0.2, 0.25) is 0 Å². The van der Waals surface area contributed by atoms with Gasteiger partial charge in [0.2, 0.25) is 0 Å². The van der Waals surface area contributed by atoms with E-state index in [0.29, 0.717) is 0 Å². The fourth-order valence-corrected chi connectivity index (χ4v) is 0.849. The fourth-order valence-electron chi connectivity index (χ4n) is 0.849. The zero-order chi connectivity index (χ0) is 13.0. The minimum Gasteiger partial charge on any atom is -0.423 e. The molecule has 0 radical (unpaired) electrons. The highest BCUT2D eigenvalue weighted by molar-refractivity contribution is 6.58. The average molecular weight is 244 g/mol. The van der Waals surface area contributed by atoms with E-state index in [0.717, 1.165) is 0 Å². The normalized spacial score (nSPS) is 9.56. The summed E-state index contributed by atoms with van der Waals surface area (Å²) < 4.78 is 62.4. The SMILES string of the molecule is NN.OB(O)c1c(F)c(F)c(F)c(F)c1F. The molecule has 1 rings (SSSR count). The van der Waals surface area contributed by atoms with Gasteiger partial charge in [0, 0.05) is 0 Å². The van der Waals surface area contributed by atoms with E-state index in [1.54, 1.807) is 0 Å². The topological polar surface area (TPSA) is 92.5 Å². The van der Waals surface area contributed by atoms with Gasteiger partial charge < -0.3 is 10.0 Å². The monoisotopic (exact) mass is 244 g/mol. The zero-order valence-corrected chi connectivity index (χ0v) is 7.52. The summed E-state index contributed by atoms with van der Waals surface area (Å²) in [6.45, 7) is 0. The lowest BCUT2D eigenvalue weighted by Crippen LogP contribution is -2.38. The predicted octanol–water partition coefficient (Wildman–Crippen LogP) is -1.12. The summed E-state index contributed by atoms with van der Waals surface area (Å²) in [6.07, 6.45) is 0. The lowest BCUT2D eigenvalue weighted by molar-refractivity contribution is 0.373. The molecule has 0 aliphatic rings. The zero-order valence-electron chi connectivity index (χ0n) is 7.52. The molecule has 0 atom stereocenters. The Labute approximate surface area is 86.4 Å². The van der Waals surface area contributed by atoms with Crippen LogP contribution in [-0.4, -0.2) is 17.2 Å². The number of hydrogen-bond donors (Lipinski definition) is 4. The molecule has 0 aliphatic heterocycles. The van der Waals surface area contributed by atoms with Crippen molar-refractivity contribution in [3.8, 4) is 0 Å². The van der Waals surface area contributed by atoms with Gasteiger partial charge in [0.05, 0.1) is 5.46 Å². The molecule has 0 aromatic heterocycles. The molecule has 90 valence electrons. The Morgan fingerprint density at radius 1 is 0.688 bits per heavy atom. The highest BCUT2D eigenvalue weighted by Gasteiger charge is 2.31. The minimum absolute atomic E-state index is 1.67. The van der Waals surface area contributed by atoms with Gasteiger partial charge in [0.25, 0.3) is 0 Å². The molecule has 0 aliphatic carbocycles. The first-order valence-corrected chi connectivity index (χ1v) is 3.58. The number of hydrogen-bond acceptors (Lipinski definition) is 4. The highest BCUT2D eigenvalue weighted by Crippen LogP contribution is 2.15. The van der Waals surface area contributed by atoms with E-state index in [-0.39, 0.29) is 0 Å². The Balaban J connectivity index is 0.00000106. The van der Waals surface area contributed by atoms with Crippen molar-refractivity contribution in [1.82, 2.24) is 0 Å². The smallest absolute Gasteiger partial charge is 0.423 e. The van der Waals surface area contributed by atoms with Crippen LogP contribution in [0.3, 0.4) is 0 Å². The van der Waals surface area contributed by atoms with Gasteiger partial charge in [-0.05, 0) is 0 Å². The minimum atomic E-state index is -2.76. The van der Waals surface area contributed by atoms with Gasteiger partial charge in [-0.15, -0.1) is 0 Å². The van der Waals surface area contributed by atoms with Crippen LogP contribution in [0.5, 0.6) is 0 Å². The van der Waals surface area contributed by atoms with Gasteiger partial charge in [0.1, 0.15) is 0 Å². The molecule has 4 nitrogen and oxygen atoms in total. The van der Waals surface area contributed by atoms with Crippen molar-refractivity contribution in [2.45, 2.75) is 0 Å². The van der Waals surface area contributed by atoms with Gasteiger partial charge in [-0.2, -0.15) is 0 Å². The number of rotatable bonds is 1. The second-order valence-electron chi connectivity index (χ2n) is 2.36. The van der Waals surface area contributed by atoms with Gasteiger partial charge in [-0.25, -0.2) is 22.0 Å². The van der Waals surface area contributed by atoms with Gasteiger partial charge in [-0.3, -0.25) is 11.7 Å². The van der Waals surface area contributed by atoms with Crippen molar-refractivity contribution >= 4 is 12.6 Å². The largest absolute Gasteiger partial charge is 0.494 e.